The Morgan fingerprint density at radius 2 is 1.06 bits per heavy atom. The monoisotopic (exact) mass is 646 g/mol. The zero-order valence-corrected chi connectivity index (χ0v) is 29.6. The number of aryl methyl sites for hydroxylation is 4. The van der Waals surface area contributed by atoms with Crippen molar-refractivity contribution in [3.8, 4) is 22.3 Å². The zero-order chi connectivity index (χ0) is 32.4. The molecule has 0 unspecified atom stereocenters. The van der Waals surface area contributed by atoms with Gasteiger partial charge in [0.25, 0.3) is 0 Å². The molecule has 0 atom stereocenters. The van der Waals surface area contributed by atoms with Crippen LogP contribution in [0.4, 0.5) is 10.1 Å². The van der Waals surface area contributed by atoms with Gasteiger partial charge in [-0.05, 0) is 158 Å². The Labute approximate surface area is 287 Å². The Kier molecular flexibility index (Phi) is 10.9. The van der Waals surface area contributed by atoms with Crippen LogP contribution in [-0.4, -0.2) is 24.0 Å². The van der Waals surface area contributed by atoms with E-state index in [2.05, 4.69) is 124 Å². The van der Waals surface area contributed by atoms with Crippen LogP contribution in [0.2, 0.25) is 0 Å². The molecule has 47 heavy (non-hydrogen) atoms. The van der Waals surface area contributed by atoms with Crippen LogP contribution in [0, 0.1) is 47.4 Å². The molecule has 1 aliphatic heterocycles. The minimum Gasteiger partial charge on any atom is -0.364 e. The minimum atomic E-state index is -0.191. The highest BCUT2D eigenvalue weighted by molar-refractivity contribution is 5.85. The molecular formula is C43H48ClFN2. The van der Waals surface area contributed by atoms with E-state index in [1.807, 2.05) is 12.1 Å². The Balaban J connectivity index is 0.00000433. The maximum absolute atomic E-state index is 14.0. The van der Waals surface area contributed by atoms with Gasteiger partial charge >= 0.3 is 0 Å². The van der Waals surface area contributed by atoms with Crippen molar-refractivity contribution in [1.29, 1.82) is 0 Å². The minimum absolute atomic E-state index is 0. The average molecular weight is 647 g/mol. The fourth-order valence-corrected chi connectivity index (χ4v) is 7.01. The normalized spacial score (nSPS) is 13.8. The fraction of sp³-hybridized carbons (Fsp3) is 0.302. The van der Waals surface area contributed by atoms with Crippen LogP contribution in [0.15, 0.2) is 97.1 Å². The highest BCUT2D eigenvalue weighted by Gasteiger charge is 2.25. The van der Waals surface area contributed by atoms with Gasteiger partial charge in [0.2, 0.25) is 0 Å². The van der Waals surface area contributed by atoms with Gasteiger partial charge in [0, 0.05) is 37.9 Å². The zero-order valence-electron chi connectivity index (χ0n) is 28.7. The maximum atomic E-state index is 14.0. The molecule has 4 heteroatoms. The molecule has 2 nitrogen and oxygen atoms in total. The first-order chi connectivity index (χ1) is 22.1. The number of hydrogen-bond donors (Lipinski definition) is 0. The van der Waals surface area contributed by atoms with Crippen LogP contribution >= 0.6 is 12.4 Å². The van der Waals surface area contributed by atoms with E-state index in [0.29, 0.717) is 6.04 Å². The molecular weight excluding hydrogens is 599 g/mol. The Morgan fingerprint density at radius 3 is 1.57 bits per heavy atom. The van der Waals surface area contributed by atoms with Crippen LogP contribution in [0.1, 0.15) is 57.3 Å². The molecule has 1 saturated heterocycles. The van der Waals surface area contributed by atoms with Gasteiger partial charge in [0.15, 0.2) is 0 Å². The lowest BCUT2D eigenvalue weighted by atomic mass is 9.95. The van der Waals surface area contributed by atoms with E-state index in [4.69, 9.17) is 0 Å². The van der Waals surface area contributed by atoms with E-state index in [-0.39, 0.29) is 18.2 Å². The van der Waals surface area contributed by atoms with Crippen molar-refractivity contribution in [1.82, 2.24) is 4.90 Å². The van der Waals surface area contributed by atoms with Crippen molar-refractivity contribution in [3.63, 3.8) is 0 Å². The number of anilines is 1. The number of halogens is 2. The summed E-state index contributed by atoms with van der Waals surface area (Å²) in [5.74, 6) is -0.191. The van der Waals surface area contributed by atoms with E-state index in [0.717, 1.165) is 44.7 Å². The molecule has 0 saturated carbocycles. The second-order valence-electron chi connectivity index (χ2n) is 13.5. The standard InChI is InChI=1S/C43H47FN2.ClH/c1-29-21-39(22-30(2)33(29)5)37-11-7-9-35(25-37)27-45-19-17-43(18-20-45)46(42-15-13-41(44)14-16-42)28-36-10-8-12-38(26-36)40-23-31(3)34(6)32(4)24-40;/h7-16,21-26,43H,17-20,27-28H2,1-6H3;1H. The molecule has 244 valence electrons. The topological polar surface area (TPSA) is 6.48 Å². The van der Waals surface area contributed by atoms with Crippen molar-refractivity contribution in [2.45, 2.75) is 73.5 Å². The predicted molar refractivity (Wildman–Crippen MR) is 200 cm³/mol. The second kappa shape index (κ2) is 14.9. The van der Waals surface area contributed by atoms with Gasteiger partial charge in [0.1, 0.15) is 5.82 Å². The summed E-state index contributed by atoms with van der Waals surface area (Å²) in [5.41, 5.74) is 16.9. The highest BCUT2D eigenvalue weighted by atomic mass is 35.5. The first-order valence-corrected chi connectivity index (χ1v) is 16.7. The third-order valence-corrected chi connectivity index (χ3v) is 10.3. The molecule has 0 bridgehead atoms. The lowest BCUT2D eigenvalue weighted by molar-refractivity contribution is 0.201. The quantitative estimate of drug-likeness (QED) is 0.165. The summed E-state index contributed by atoms with van der Waals surface area (Å²) < 4.78 is 14.0. The molecule has 6 rings (SSSR count). The Bertz CT molecular complexity index is 1790. The van der Waals surface area contributed by atoms with Crippen molar-refractivity contribution in [3.05, 3.63) is 147 Å². The summed E-state index contributed by atoms with van der Waals surface area (Å²) in [7, 11) is 0. The Morgan fingerprint density at radius 1 is 0.596 bits per heavy atom. The molecule has 0 amide bonds. The number of piperidine rings is 1. The summed E-state index contributed by atoms with van der Waals surface area (Å²) in [6, 6.07) is 34.7. The fourth-order valence-electron chi connectivity index (χ4n) is 7.01. The smallest absolute Gasteiger partial charge is 0.123 e. The van der Waals surface area contributed by atoms with Gasteiger partial charge in [-0.2, -0.15) is 0 Å². The van der Waals surface area contributed by atoms with Gasteiger partial charge in [-0.3, -0.25) is 4.90 Å². The van der Waals surface area contributed by atoms with Crippen LogP contribution in [0.5, 0.6) is 0 Å². The van der Waals surface area contributed by atoms with E-state index < -0.39 is 0 Å². The summed E-state index contributed by atoms with van der Waals surface area (Å²) in [5, 5.41) is 0. The molecule has 1 fully saturated rings. The van der Waals surface area contributed by atoms with Crippen LogP contribution in [0.25, 0.3) is 22.3 Å². The number of rotatable bonds is 8. The molecule has 0 aliphatic carbocycles. The van der Waals surface area contributed by atoms with E-state index in [1.165, 1.54) is 66.8 Å². The molecule has 5 aromatic carbocycles. The summed E-state index contributed by atoms with van der Waals surface area (Å²) in [4.78, 5) is 5.09. The summed E-state index contributed by atoms with van der Waals surface area (Å²) in [6.07, 6.45) is 2.15. The Hall–Kier alpha value is -3.92. The van der Waals surface area contributed by atoms with Crippen molar-refractivity contribution < 1.29 is 4.39 Å². The third-order valence-electron chi connectivity index (χ3n) is 10.3. The van der Waals surface area contributed by atoms with Crippen LogP contribution in [-0.2, 0) is 13.1 Å². The van der Waals surface area contributed by atoms with Crippen LogP contribution in [0.3, 0.4) is 0 Å². The van der Waals surface area contributed by atoms with Gasteiger partial charge in [-0.15, -0.1) is 12.4 Å². The summed E-state index contributed by atoms with van der Waals surface area (Å²) >= 11 is 0. The maximum Gasteiger partial charge on any atom is 0.123 e. The number of likely N-dealkylation sites (tertiary alicyclic amines) is 1. The summed E-state index contributed by atoms with van der Waals surface area (Å²) in [6.45, 7) is 17.0. The molecule has 0 radical (unpaired) electrons. The van der Waals surface area contributed by atoms with E-state index in [9.17, 15) is 4.39 Å². The lowest BCUT2D eigenvalue weighted by Gasteiger charge is -2.40. The first-order valence-electron chi connectivity index (χ1n) is 16.7. The van der Waals surface area contributed by atoms with Gasteiger partial charge in [0.05, 0.1) is 0 Å². The lowest BCUT2D eigenvalue weighted by Crippen LogP contribution is -2.44. The molecule has 0 spiro atoms. The second-order valence-corrected chi connectivity index (χ2v) is 13.5. The first kappa shape index (κ1) is 34.4. The third kappa shape index (κ3) is 7.97. The van der Waals surface area contributed by atoms with Crippen molar-refractivity contribution in [2.75, 3.05) is 18.0 Å². The molecule has 1 heterocycles. The van der Waals surface area contributed by atoms with Gasteiger partial charge < -0.3 is 4.90 Å². The van der Waals surface area contributed by atoms with E-state index >= 15 is 0 Å². The van der Waals surface area contributed by atoms with Crippen molar-refractivity contribution >= 4 is 18.1 Å². The molecule has 0 N–H and O–H groups in total. The molecule has 0 aromatic heterocycles. The molecule has 1 aliphatic rings. The average Bonchev–Trinajstić information content (AvgIpc) is 3.06. The largest absolute Gasteiger partial charge is 0.364 e. The number of benzene rings is 5. The molecule has 5 aromatic rings. The van der Waals surface area contributed by atoms with Crippen LogP contribution < -0.4 is 4.90 Å². The predicted octanol–water partition coefficient (Wildman–Crippen LogP) is 11.1. The number of nitrogens with zero attached hydrogens (tertiary/aromatic N) is 2. The van der Waals surface area contributed by atoms with E-state index in [1.54, 1.807) is 12.1 Å². The number of hydrogen-bond acceptors (Lipinski definition) is 2. The van der Waals surface area contributed by atoms with Gasteiger partial charge in [-0.1, -0.05) is 60.7 Å². The van der Waals surface area contributed by atoms with Gasteiger partial charge in [-0.25, -0.2) is 4.39 Å². The van der Waals surface area contributed by atoms with Crippen molar-refractivity contribution in [2.24, 2.45) is 0 Å². The highest BCUT2D eigenvalue weighted by Crippen LogP contribution is 2.31. The SMILES string of the molecule is Cc1cc(-c2cccc(CN3CCC(N(Cc4cccc(-c5cc(C)c(C)c(C)c5)c4)c4ccc(F)cc4)CC3)c2)cc(C)c1C.Cl.